The van der Waals surface area contributed by atoms with Crippen LogP contribution in [-0.4, -0.2) is 13.1 Å². The van der Waals surface area contributed by atoms with E-state index in [-0.39, 0.29) is 5.41 Å². The highest BCUT2D eigenvalue weighted by Crippen LogP contribution is 2.17. The lowest BCUT2D eigenvalue weighted by Crippen LogP contribution is -2.28. The molecular formula is C15H26N2. The Bertz CT molecular complexity index is 356. The van der Waals surface area contributed by atoms with Crippen molar-refractivity contribution in [1.82, 2.24) is 5.32 Å². The van der Waals surface area contributed by atoms with Gasteiger partial charge in [0.1, 0.15) is 0 Å². The average Bonchev–Trinajstić information content (AvgIpc) is 2.29. The van der Waals surface area contributed by atoms with Crippen LogP contribution in [0.15, 0.2) is 18.2 Å². The second kappa shape index (κ2) is 6.18. The summed E-state index contributed by atoms with van der Waals surface area (Å²) in [6, 6.07) is 6.61. The summed E-state index contributed by atoms with van der Waals surface area (Å²) in [5.41, 5.74) is 10.0. The molecule has 0 unspecified atom stereocenters. The molecule has 0 amide bonds. The van der Waals surface area contributed by atoms with E-state index in [4.69, 9.17) is 5.73 Å². The number of benzene rings is 1. The molecule has 2 heteroatoms. The van der Waals surface area contributed by atoms with Crippen molar-refractivity contribution in [3.8, 4) is 0 Å². The minimum atomic E-state index is 0.245. The summed E-state index contributed by atoms with van der Waals surface area (Å²) < 4.78 is 0. The number of hydrogen-bond donors (Lipinski definition) is 2. The zero-order valence-corrected chi connectivity index (χ0v) is 11.6. The Hall–Kier alpha value is -0.860. The minimum absolute atomic E-state index is 0.245. The zero-order valence-electron chi connectivity index (χ0n) is 11.6. The summed E-state index contributed by atoms with van der Waals surface area (Å²) in [6.45, 7) is 11.5. The maximum Gasteiger partial charge on any atom is 0.0208 e. The fourth-order valence-corrected chi connectivity index (χ4v) is 1.74. The van der Waals surface area contributed by atoms with E-state index in [1.54, 1.807) is 0 Å². The second-order valence-corrected chi connectivity index (χ2v) is 5.73. The van der Waals surface area contributed by atoms with Crippen LogP contribution in [0, 0.1) is 19.3 Å². The van der Waals surface area contributed by atoms with E-state index in [9.17, 15) is 0 Å². The molecule has 3 N–H and O–H groups in total. The molecule has 0 saturated heterocycles. The summed E-state index contributed by atoms with van der Waals surface area (Å²) in [7, 11) is 0. The van der Waals surface area contributed by atoms with E-state index < -0.39 is 0 Å². The first-order valence-electron chi connectivity index (χ1n) is 6.41. The van der Waals surface area contributed by atoms with Crippen LogP contribution in [0.3, 0.4) is 0 Å². The maximum absolute atomic E-state index is 5.72. The zero-order chi connectivity index (χ0) is 12.9. The van der Waals surface area contributed by atoms with Crippen molar-refractivity contribution in [1.29, 1.82) is 0 Å². The van der Waals surface area contributed by atoms with E-state index in [0.29, 0.717) is 0 Å². The highest BCUT2D eigenvalue weighted by atomic mass is 14.8. The van der Waals surface area contributed by atoms with E-state index >= 15 is 0 Å². The number of aryl methyl sites for hydroxylation is 2. The van der Waals surface area contributed by atoms with Gasteiger partial charge in [0.15, 0.2) is 0 Å². The van der Waals surface area contributed by atoms with Crippen molar-refractivity contribution in [3.05, 3.63) is 34.9 Å². The molecule has 0 spiro atoms. The van der Waals surface area contributed by atoms with Crippen LogP contribution in [0.1, 0.15) is 37.0 Å². The molecule has 1 aromatic carbocycles. The van der Waals surface area contributed by atoms with Gasteiger partial charge in [0, 0.05) is 6.54 Å². The molecule has 0 radical (unpaired) electrons. The molecule has 0 aliphatic heterocycles. The molecule has 0 heterocycles. The van der Waals surface area contributed by atoms with E-state index in [0.717, 1.165) is 26.1 Å². The predicted molar refractivity (Wildman–Crippen MR) is 75.1 cm³/mol. The monoisotopic (exact) mass is 234 g/mol. The largest absolute Gasteiger partial charge is 0.330 e. The molecule has 0 fully saturated rings. The van der Waals surface area contributed by atoms with Crippen molar-refractivity contribution in [2.75, 3.05) is 13.1 Å². The van der Waals surface area contributed by atoms with Gasteiger partial charge in [0.05, 0.1) is 0 Å². The normalized spacial score (nSPS) is 11.8. The first kappa shape index (κ1) is 14.2. The topological polar surface area (TPSA) is 38.0 Å². The smallest absolute Gasteiger partial charge is 0.0208 e. The van der Waals surface area contributed by atoms with Crippen LogP contribution in [0.4, 0.5) is 0 Å². The van der Waals surface area contributed by atoms with Gasteiger partial charge in [-0.2, -0.15) is 0 Å². The van der Waals surface area contributed by atoms with Crippen molar-refractivity contribution in [3.63, 3.8) is 0 Å². The van der Waals surface area contributed by atoms with Gasteiger partial charge in [-0.3, -0.25) is 0 Å². The molecule has 1 aromatic rings. The third-order valence-electron chi connectivity index (χ3n) is 3.35. The highest BCUT2D eigenvalue weighted by molar-refractivity contribution is 5.30. The molecule has 17 heavy (non-hydrogen) atoms. The molecular weight excluding hydrogens is 208 g/mol. The predicted octanol–water partition coefficient (Wildman–Crippen LogP) is 2.77. The van der Waals surface area contributed by atoms with Crippen molar-refractivity contribution < 1.29 is 0 Å². The Morgan fingerprint density at radius 3 is 2.59 bits per heavy atom. The summed E-state index contributed by atoms with van der Waals surface area (Å²) in [6.07, 6.45) is 1.12. The van der Waals surface area contributed by atoms with Crippen molar-refractivity contribution in [2.24, 2.45) is 11.1 Å². The summed E-state index contributed by atoms with van der Waals surface area (Å²) in [5, 5.41) is 3.50. The Morgan fingerprint density at radius 2 is 1.94 bits per heavy atom. The third kappa shape index (κ3) is 4.88. The van der Waals surface area contributed by atoms with Gasteiger partial charge < -0.3 is 11.1 Å². The Balaban J connectivity index is 2.38. The van der Waals surface area contributed by atoms with E-state index in [1.807, 2.05) is 0 Å². The Morgan fingerprint density at radius 1 is 1.24 bits per heavy atom. The summed E-state index contributed by atoms with van der Waals surface area (Å²) in [4.78, 5) is 0. The highest BCUT2D eigenvalue weighted by Gasteiger charge is 2.14. The standard InChI is InChI=1S/C15H26N2/c1-12-5-6-13(2)14(9-12)10-17-8-7-15(3,4)11-16/h5-6,9,17H,7-8,10-11,16H2,1-4H3. The number of hydrogen-bond acceptors (Lipinski definition) is 2. The first-order valence-corrected chi connectivity index (χ1v) is 6.41. The van der Waals surface area contributed by atoms with Crippen LogP contribution in [0.25, 0.3) is 0 Å². The third-order valence-corrected chi connectivity index (χ3v) is 3.35. The lowest BCUT2D eigenvalue weighted by molar-refractivity contribution is 0.339. The SMILES string of the molecule is Cc1ccc(C)c(CNCCC(C)(C)CN)c1. The van der Waals surface area contributed by atoms with Gasteiger partial charge in [-0.25, -0.2) is 0 Å². The molecule has 0 saturated carbocycles. The molecule has 2 nitrogen and oxygen atoms in total. The van der Waals surface area contributed by atoms with Gasteiger partial charge in [-0.1, -0.05) is 37.6 Å². The number of rotatable bonds is 6. The second-order valence-electron chi connectivity index (χ2n) is 5.73. The Labute approximate surface area is 106 Å². The van der Waals surface area contributed by atoms with Gasteiger partial charge in [-0.15, -0.1) is 0 Å². The molecule has 1 rings (SSSR count). The molecule has 0 aliphatic rings. The van der Waals surface area contributed by atoms with Gasteiger partial charge in [0.2, 0.25) is 0 Å². The maximum atomic E-state index is 5.72. The summed E-state index contributed by atoms with van der Waals surface area (Å²) in [5.74, 6) is 0. The quantitative estimate of drug-likeness (QED) is 0.743. The minimum Gasteiger partial charge on any atom is -0.330 e. The van der Waals surface area contributed by atoms with Crippen LogP contribution in [0.5, 0.6) is 0 Å². The lowest BCUT2D eigenvalue weighted by atomic mass is 9.90. The van der Waals surface area contributed by atoms with Crippen LogP contribution >= 0.6 is 0 Å². The molecule has 0 atom stereocenters. The van der Waals surface area contributed by atoms with Crippen LogP contribution < -0.4 is 11.1 Å². The van der Waals surface area contributed by atoms with Crippen molar-refractivity contribution in [2.45, 2.75) is 40.7 Å². The van der Waals surface area contributed by atoms with E-state index in [1.165, 1.54) is 16.7 Å². The number of nitrogens with two attached hydrogens (primary N) is 1. The molecule has 96 valence electrons. The lowest BCUT2D eigenvalue weighted by Gasteiger charge is -2.22. The van der Waals surface area contributed by atoms with Crippen LogP contribution in [0.2, 0.25) is 0 Å². The molecule has 0 aliphatic carbocycles. The van der Waals surface area contributed by atoms with E-state index in [2.05, 4.69) is 51.2 Å². The summed E-state index contributed by atoms with van der Waals surface area (Å²) >= 11 is 0. The van der Waals surface area contributed by atoms with Gasteiger partial charge in [0.25, 0.3) is 0 Å². The fraction of sp³-hybridized carbons (Fsp3) is 0.600. The molecule has 0 aromatic heterocycles. The fourth-order valence-electron chi connectivity index (χ4n) is 1.74. The Kier molecular flexibility index (Phi) is 5.16. The van der Waals surface area contributed by atoms with Gasteiger partial charge >= 0.3 is 0 Å². The first-order chi connectivity index (χ1) is 7.94. The van der Waals surface area contributed by atoms with Gasteiger partial charge in [-0.05, 0) is 49.9 Å². The average molecular weight is 234 g/mol. The molecule has 0 bridgehead atoms. The number of nitrogens with one attached hydrogen (secondary N) is 1. The van der Waals surface area contributed by atoms with Crippen molar-refractivity contribution >= 4 is 0 Å². The van der Waals surface area contributed by atoms with Crippen LogP contribution in [-0.2, 0) is 6.54 Å².